The zero-order chi connectivity index (χ0) is 20.2. The van der Waals surface area contributed by atoms with Crippen LogP contribution in [-0.4, -0.2) is 35.3 Å². The number of hydrogen-bond donors (Lipinski definition) is 0. The third-order valence-electron chi connectivity index (χ3n) is 5.17. The van der Waals surface area contributed by atoms with E-state index >= 15 is 0 Å². The van der Waals surface area contributed by atoms with Crippen LogP contribution in [0.2, 0.25) is 0 Å². The first-order chi connectivity index (χ1) is 14.1. The molecule has 1 aromatic heterocycles. The average molecular weight is 382 g/mol. The molecule has 29 heavy (non-hydrogen) atoms. The molecule has 146 valence electrons. The lowest BCUT2D eigenvalue weighted by atomic mass is 9.97. The highest BCUT2D eigenvalue weighted by Crippen LogP contribution is 2.36. The highest BCUT2D eigenvalue weighted by Gasteiger charge is 2.19. The van der Waals surface area contributed by atoms with E-state index in [9.17, 15) is 0 Å². The number of benzene rings is 3. The van der Waals surface area contributed by atoms with E-state index in [1.165, 1.54) is 22.3 Å². The second-order valence-corrected chi connectivity index (χ2v) is 7.68. The maximum atomic E-state index is 4.95. The zero-order valence-corrected chi connectivity index (χ0v) is 17.3. The summed E-state index contributed by atoms with van der Waals surface area (Å²) < 4.78 is 2.09. The largest absolute Gasteiger partial charge is 0.309 e. The summed E-state index contributed by atoms with van der Waals surface area (Å²) >= 11 is 0. The van der Waals surface area contributed by atoms with Gasteiger partial charge in [-0.05, 0) is 56.8 Å². The standard InChI is InChI=1S/C26H27N3/c1-20-25(22-12-6-4-7-13-22)26(29(27-20)24-15-8-5-9-16-24)23-14-10-11-21(19-23)17-18-28(2)3/h4-16,19H,17-18H2,1-3H3. The first kappa shape index (κ1) is 19.2. The van der Waals surface area contributed by atoms with Crippen molar-refractivity contribution in [3.63, 3.8) is 0 Å². The van der Waals surface area contributed by atoms with Crippen LogP contribution < -0.4 is 0 Å². The molecule has 0 saturated heterocycles. The molecule has 0 radical (unpaired) electrons. The van der Waals surface area contributed by atoms with Gasteiger partial charge >= 0.3 is 0 Å². The summed E-state index contributed by atoms with van der Waals surface area (Å²) in [6.45, 7) is 3.13. The van der Waals surface area contributed by atoms with Gasteiger partial charge in [-0.3, -0.25) is 0 Å². The van der Waals surface area contributed by atoms with Gasteiger partial charge in [0, 0.05) is 17.7 Å². The van der Waals surface area contributed by atoms with E-state index in [0.29, 0.717) is 0 Å². The minimum absolute atomic E-state index is 1.03. The molecule has 3 heteroatoms. The smallest absolute Gasteiger partial charge is 0.0822 e. The second kappa shape index (κ2) is 8.46. The van der Waals surface area contributed by atoms with Crippen LogP contribution in [0.1, 0.15) is 11.3 Å². The molecule has 0 fully saturated rings. The van der Waals surface area contributed by atoms with Gasteiger partial charge in [0.05, 0.1) is 17.1 Å². The molecule has 3 aromatic carbocycles. The topological polar surface area (TPSA) is 21.1 Å². The fourth-order valence-electron chi connectivity index (χ4n) is 3.73. The van der Waals surface area contributed by atoms with Gasteiger partial charge in [0.2, 0.25) is 0 Å². The molecular weight excluding hydrogens is 354 g/mol. The number of aromatic nitrogens is 2. The summed E-state index contributed by atoms with van der Waals surface area (Å²) in [5, 5.41) is 4.95. The highest BCUT2D eigenvalue weighted by atomic mass is 15.3. The van der Waals surface area contributed by atoms with E-state index in [-0.39, 0.29) is 0 Å². The highest BCUT2D eigenvalue weighted by molar-refractivity contribution is 5.84. The van der Waals surface area contributed by atoms with Crippen molar-refractivity contribution in [2.45, 2.75) is 13.3 Å². The molecular formula is C26H27N3. The number of aryl methyl sites for hydroxylation is 1. The maximum Gasteiger partial charge on any atom is 0.0822 e. The lowest BCUT2D eigenvalue weighted by Crippen LogP contribution is -2.15. The minimum atomic E-state index is 1.03. The number of likely N-dealkylation sites (N-methyl/N-ethyl adjacent to an activating group) is 1. The Kier molecular flexibility index (Phi) is 5.59. The van der Waals surface area contributed by atoms with E-state index in [1.54, 1.807) is 0 Å². The van der Waals surface area contributed by atoms with E-state index in [4.69, 9.17) is 5.10 Å². The summed E-state index contributed by atoms with van der Waals surface area (Å²) in [5.74, 6) is 0. The van der Waals surface area contributed by atoms with Crippen LogP contribution in [0.3, 0.4) is 0 Å². The number of hydrogen-bond acceptors (Lipinski definition) is 2. The Morgan fingerprint density at radius 3 is 2.14 bits per heavy atom. The first-order valence-electron chi connectivity index (χ1n) is 10.1. The molecule has 1 heterocycles. The Balaban J connectivity index is 1.90. The third-order valence-corrected chi connectivity index (χ3v) is 5.17. The Bertz CT molecular complexity index is 1080. The Morgan fingerprint density at radius 2 is 1.45 bits per heavy atom. The normalized spacial score (nSPS) is 11.2. The lowest BCUT2D eigenvalue weighted by molar-refractivity contribution is 0.413. The van der Waals surface area contributed by atoms with Crippen LogP contribution in [0.4, 0.5) is 0 Å². The van der Waals surface area contributed by atoms with Crippen LogP contribution in [0.15, 0.2) is 84.9 Å². The number of para-hydroxylation sites is 1. The van der Waals surface area contributed by atoms with Crippen LogP contribution in [0, 0.1) is 6.92 Å². The van der Waals surface area contributed by atoms with Gasteiger partial charge in [-0.25, -0.2) is 4.68 Å². The fourth-order valence-corrected chi connectivity index (χ4v) is 3.73. The summed E-state index contributed by atoms with van der Waals surface area (Å²) in [6.07, 6.45) is 1.03. The van der Waals surface area contributed by atoms with Crippen LogP contribution >= 0.6 is 0 Å². The molecule has 0 saturated carbocycles. The van der Waals surface area contributed by atoms with Gasteiger partial charge in [-0.2, -0.15) is 5.10 Å². The van der Waals surface area contributed by atoms with Crippen molar-refractivity contribution in [2.75, 3.05) is 20.6 Å². The van der Waals surface area contributed by atoms with E-state index in [1.807, 2.05) is 6.07 Å². The van der Waals surface area contributed by atoms with Crippen molar-refractivity contribution in [3.8, 4) is 28.1 Å². The zero-order valence-electron chi connectivity index (χ0n) is 17.3. The Hall–Kier alpha value is -3.17. The van der Waals surface area contributed by atoms with Crippen LogP contribution in [0.25, 0.3) is 28.1 Å². The molecule has 0 spiro atoms. The van der Waals surface area contributed by atoms with Gasteiger partial charge in [-0.15, -0.1) is 0 Å². The Morgan fingerprint density at radius 1 is 0.793 bits per heavy atom. The van der Waals surface area contributed by atoms with Crippen molar-refractivity contribution in [1.29, 1.82) is 0 Å². The lowest BCUT2D eigenvalue weighted by Gasteiger charge is -2.13. The van der Waals surface area contributed by atoms with E-state index in [0.717, 1.165) is 30.0 Å². The van der Waals surface area contributed by atoms with Gasteiger partial charge in [-0.1, -0.05) is 66.7 Å². The second-order valence-electron chi connectivity index (χ2n) is 7.68. The average Bonchev–Trinajstić information content (AvgIpc) is 3.11. The number of nitrogens with zero attached hydrogens (tertiary/aromatic N) is 3. The number of rotatable bonds is 6. The van der Waals surface area contributed by atoms with Crippen molar-refractivity contribution in [1.82, 2.24) is 14.7 Å². The minimum Gasteiger partial charge on any atom is -0.309 e. The molecule has 0 aliphatic rings. The molecule has 4 aromatic rings. The van der Waals surface area contributed by atoms with Gasteiger partial charge in [0.25, 0.3) is 0 Å². The van der Waals surface area contributed by atoms with Crippen molar-refractivity contribution in [2.24, 2.45) is 0 Å². The van der Waals surface area contributed by atoms with Crippen molar-refractivity contribution in [3.05, 3.63) is 96.2 Å². The molecule has 0 unspecified atom stereocenters. The molecule has 0 aliphatic heterocycles. The predicted molar refractivity (Wildman–Crippen MR) is 121 cm³/mol. The molecule has 0 aliphatic carbocycles. The summed E-state index contributed by atoms with van der Waals surface area (Å²) in [7, 11) is 4.23. The summed E-state index contributed by atoms with van der Waals surface area (Å²) in [6, 6.07) is 29.8. The maximum absolute atomic E-state index is 4.95. The van der Waals surface area contributed by atoms with Gasteiger partial charge in [0.1, 0.15) is 0 Å². The van der Waals surface area contributed by atoms with Crippen LogP contribution in [-0.2, 0) is 6.42 Å². The first-order valence-corrected chi connectivity index (χ1v) is 10.1. The van der Waals surface area contributed by atoms with E-state index < -0.39 is 0 Å². The molecule has 3 nitrogen and oxygen atoms in total. The van der Waals surface area contributed by atoms with E-state index in [2.05, 4.69) is 109 Å². The molecule has 0 N–H and O–H groups in total. The van der Waals surface area contributed by atoms with Gasteiger partial charge in [0.15, 0.2) is 0 Å². The van der Waals surface area contributed by atoms with Gasteiger partial charge < -0.3 is 4.90 Å². The summed E-state index contributed by atoms with van der Waals surface area (Å²) in [5.41, 5.74) is 8.19. The van der Waals surface area contributed by atoms with Crippen LogP contribution in [0.5, 0.6) is 0 Å². The van der Waals surface area contributed by atoms with Crippen molar-refractivity contribution >= 4 is 0 Å². The molecule has 4 rings (SSSR count). The van der Waals surface area contributed by atoms with Crippen molar-refractivity contribution < 1.29 is 0 Å². The Labute approximate surface area is 173 Å². The molecule has 0 amide bonds. The summed E-state index contributed by atoms with van der Waals surface area (Å²) in [4.78, 5) is 2.22. The molecule has 0 atom stereocenters. The third kappa shape index (κ3) is 4.15. The SMILES string of the molecule is Cc1nn(-c2ccccc2)c(-c2cccc(CCN(C)C)c2)c1-c1ccccc1. The quantitative estimate of drug-likeness (QED) is 0.432. The monoisotopic (exact) mass is 381 g/mol. The molecule has 0 bridgehead atoms. The predicted octanol–water partition coefficient (Wildman–Crippen LogP) is 5.62. The fraction of sp³-hybridized carbons (Fsp3) is 0.192.